The van der Waals surface area contributed by atoms with Gasteiger partial charge in [-0.3, -0.25) is 14.5 Å². The molecule has 160 valence electrons. The molecule has 3 heterocycles. The van der Waals surface area contributed by atoms with Gasteiger partial charge in [0, 0.05) is 30.1 Å². The van der Waals surface area contributed by atoms with E-state index in [0.29, 0.717) is 25.4 Å². The minimum Gasteiger partial charge on any atom is -0.489 e. The van der Waals surface area contributed by atoms with Gasteiger partial charge in [-0.2, -0.15) is 5.10 Å². The van der Waals surface area contributed by atoms with Gasteiger partial charge in [0.15, 0.2) is 0 Å². The fourth-order valence-corrected chi connectivity index (χ4v) is 3.90. The van der Waals surface area contributed by atoms with Gasteiger partial charge in [-0.05, 0) is 41.0 Å². The molecule has 1 amide bonds. The van der Waals surface area contributed by atoms with Crippen molar-refractivity contribution in [1.29, 1.82) is 0 Å². The van der Waals surface area contributed by atoms with E-state index in [1.54, 1.807) is 17.1 Å². The topological polar surface area (TPSA) is 89.3 Å². The number of fused-ring (bicyclic) bond motifs is 1. The molecule has 0 fully saturated rings. The fraction of sp³-hybridized carbons (Fsp3) is 0.160. The Bertz CT molecular complexity index is 1250. The van der Waals surface area contributed by atoms with E-state index in [1.165, 1.54) is 0 Å². The summed E-state index contributed by atoms with van der Waals surface area (Å²) in [5, 5.41) is 17.0. The first-order valence-electron chi connectivity index (χ1n) is 10.4. The standard InChI is InChI=1S/C25H22N4O3/c30-15-17-2-1-3-18(14-17)16-32-21-6-4-19(5-7-21)22-23(20-8-10-26-11-9-20)28-29-13-12-27-25(31)24(22)29/h1-11,14,30H,12-13,15-16H2,(H,27,31). The van der Waals surface area contributed by atoms with Gasteiger partial charge in [0.05, 0.1) is 13.2 Å². The predicted molar refractivity (Wildman–Crippen MR) is 120 cm³/mol. The quantitative estimate of drug-likeness (QED) is 0.493. The van der Waals surface area contributed by atoms with E-state index < -0.39 is 0 Å². The summed E-state index contributed by atoms with van der Waals surface area (Å²) in [5.41, 5.74) is 5.78. The molecule has 0 unspecified atom stereocenters. The zero-order valence-electron chi connectivity index (χ0n) is 17.4. The van der Waals surface area contributed by atoms with Gasteiger partial charge >= 0.3 is 0 Å². The Kier molecular flexibility index (Phi) is 5.39. The normalized spacial score (nSPS) is 12.8. The van der Waals surface area contributed by atoms with E-state index in [9.17, 15) is 9.90 Å². The van der Waals surface area contributed by atoms with Crippen molar-refractivity contribution >= 4 is 5.91 Å². The first kappa shape index (κ1) is 20.0. The molecular formula is C25H22N4O3. The molecule has 7 nitrogen and oxygen atoms in total. The van der Waals surface area contributed by atoms with Crippen LogP contribution in [0.1, 0.15) is 21.6 Å². The molecule has 1 aliphatic rings. The zero-order chi connectivity index (χ0) is 21.9. The minimum absolute atomic E-state index is 0.00589. The van der Waals surface area contributed by atoms with Gasteiger partial charge in [-0.1, -0.05) is 36.4 Å². The van der Waals surface area contributed by atoms with Crippen LogP contribution < -0.4 is 10.1 Å². The molecule has 0 aliphatic carbocycles. The maximum atomic E-state index is 12.7. The van der Waals surface area contributed by atoms with Crippen LogP contribution in [0.5, 0.6) is 5.75 Å². The van der Waals surface area contributed by atoms with E-state index >= 15 is 0 Å². The highest BCUT2D eigenvalue weighted by Crippen LogP contribution is 2.36. The average Bonchev–Trinajstić information content (AvgIpc) is 3.25. The highest BCUT2D eigenvalue weighted by molar-refractivity contribution is 6.03. The number of aliphatic hydroxyl groups excluding tert-OH is 1. The van der Waals surface area contributed by atoms with Crippen LogP contribution in [0.15, 0.2) is 73.1 Å². The number of rotatable bonds is 6. The molecule has 5 rings (SSSR count). The minimum atomic E-state index is -0.122. The van der Waals surface area contributed by atoms with Crippen LogP contribution in [0.3, 0.4) is 0 Å². The molecule has 0 saturated heterocycles. The molecule has 32 heavy (non-hydrogen) atoms. The van der Waals surface area contributed by atoms with Crippen molar-refractivity contribution < 1.29 is 14.6 Å². The third-order valence-corrected chi connectivity index (χ3v) is 5.45. The smallest absolute Gasteiger partial charge is 0.270 e. The maximum absolute atomic E-state index is 12.7. The Labute approximate surface area is 185 Å². The lowest BCUT2D eigenvalue weighted by atomic mass is 9.98. The molecule has 7 heteroatoms. The fourth-order valence-electron chi connectivity index (χ4n) is 3.90. The Morgan fingerprint density at radius 1 is 1.00 bits per heavy atom. The van der Waals surface area contributed by atoms with Gasteiger partial charge in [-0.15, -0.1) is 0 Å². The van der Waals surface area contributed by atoms with Crippen molar-refractivity contribution in [1.82, 2.24) is 20.1 Å². The van der Waals surface area contributed by atoms with Crippen molar-refractivity contribution in [3.63, 3.8) is 0 Å². The van der Waals surface area contributed by atoms with Crippen molar-refractivity contribution in [2.24, 2.45) is 0 Å². The van der Waals surface area contributed by atoms with Gasteiger partial charge in [-0.25, -0.2) is 0 Å². The third kappa shape index (κ3) is 3.86. The van der Waals surface area contributed by atoms with Gasteiger partial charge in [0.2, 0.25) is 0 Å². The monoisotopic (exact) mass is 426 g/mol. The number of hydrogen-bond acceptors (Lipinski definition) is 5. The Hall–Kier alpha value is -3.97. The molecule has 0 spiro atoms. The lowest BCUT2D eigenvalue weighted by molar-refractivity contribution is 0.0925. The van der Waals surface area contributed by atoms with Crippen LogP contribution >= 0.6 is 0 Å². The molecule has 0 radical (unpaired) electrons. The second-order valence-electron chi connectivity index (χ2n) is 7.58. The lowest BCUT2D eigenvalue weighted by Crippen LogP contribution is -2.35. The number of carbonyl (C=O) groups is 1. The third-order valence-electron chi connectivity index (χ3n) is 5.45. The van der Waals surface area contributed by atoms with E-state index in [4.69, 9.17) is 9.84 Å². The molecular weight excluding hydrogens is 404 g/mol. The molecule has 2 N–H and O–H groups in total. The molecule has 0 bridgehead atoms. The van der Waals surface area contributed by atoms with Crippen LogP contribution in [0, 0.1) is 0 Å². The number of aromatic nitrogens is 3. The summed E-state index contributed by atoms with van der Waals surface area (Å²) < 4.78 is 7.70. The predicted octanol–water partition coefficient (Wildman–Crippen LogP) is 3.43. The maximum Gasteiger partial charge on any atom is 0.270 e. The molecule has 2 aromatic heterocycles. The van der Waals surface area contributed by atoms with Gasteiger partial charge in [0.25, 0.3) is 5.91 Å². The lowest BCUT2D eigenvalue weighted by Gasteiger charge is -2.15. The Morgan fingerprint density at radius 3 is 2.56 bits per heavy atom. The van der Waals surface area contributed by atoms with Crippen LogP contribution in [-0.4, -0.2) is 32.3 Å². The van der Waals surface area contributed by atoms with E-state index in [2.05, 4.69) is 10.3 Å². The summed E-state index contributed by atoms with van der Waals surface area (Å²) in [6.07, 6.45) is 3.44. The van der Waals surface area contributed by atoms with Crippen molar-refractivity contribution in [2.45, 2.75) is 19.8 Å². The summed E-state index contributed by atoms with van der Waals surface area (Å²) >= 11 is 0. The Morgan fingerprint density at radius 2 is 1.78 bits per heavy atom. The summed E-state index contributed by atoms with van der Waals surface area (Å²) in [6, 6.07) is 19.1. The zero-order valence-corrected chi connectivity index (χ0v) is 17.4. The molecule has 4 aromatic rings. The molecule has 1 aliphatic heterocycles. The van der Waals surface area contributed by atoms with Crippen molar-refractivity contribution in [2.75, 3.05) is 6.54 Å². The van der Waals surface area contributed by atoms with E-state index in [-0.39, 0.29) is 12.5 Å². The van der Waals surface area contributed by atoms with Crippen molar-refractivity contribution in [3.8, 4) is 28.1 Å². The van der Waals surface area contributed by atoms with Gasteiger partial charge < -0.3 is 15.2 Å². The van der Waals surface area contributed by atoms with Crippen LogP contribution in [0.25, 0.3) is 22.4 Å². The second kappa shape index (κ2) is 8.64. The number of carbonyl (C=O) groups excluding carboxylic acids is 1. The highest BCUT2D eigenvalue weighted by atomic mass is 16.5. The SMILES string of the molecule is O=C1NCCn2nc(-c3ccncc3)c(-c3ccc(OCc4cccc(CO)c4)cc3)c21. The number of hydrogen-bond donors (Lipinski definition) is 2. The average molecular weight is 426 g/mol. The summed E-state index contributed by atoms with van der Waals surface area (Å²) in [7, 11) is 0. The van der Waals surface area contributed by atoms with E-state index in [1.807, 2.05) is 60.7 Å². The van der Waals surface area contributed by atoms with Gasteiger partial charge in [0.1, 0.15) is 23.7 Å². The molecule has 2 aromatic carbocycles. The number of nitrogens with one attached hydrogen (secondary N) is 1. The number of benzene rings is 2. The number of ether oxygens (including phenoxy) is 1. The summed E-state index contributed by atoms with van der Waals surface area (Å²) in [5.74, 6) is 0.599. The summed E-state index contributed by atoms with van der Waals surface area (Å²) in [6.45, 7) is 1.60. The van der Waals surface area contributed by atoms with Crippen LogP contribution in [0.4, 0.5) is 0 Å². The largest absolute Gasteiger partial charge is 0.489 e. The number of aliphatic hydroxyl groups is 1. The highest BCUT2D eigenvalue weighted by Gasteiger charge is 2.27. The molecule has 0 saturated carbocycles. The van der Waals surface area contributed by atoms with Crippen molar-refractivity contribution in [3.05, 3.63) is 89.9 Å². The first-order chi connectivity index (χ1) is 15.7. The Balaban J connectivity index is 1.46. The molecule has 0 atom stereocenters. The number of pyridine rings is 1. The number of nitrogens with zero attached hydrogens (tertiary/aromatic N) is 3. The number of amides is 1. The van der Waals surface area contributed by atoms with E-state index in [0.717, 1.165) is 39.3 Å². The van der Waals surface area contributed by atoms with Crippen LogP contribution in [0.2, 0.25) is 0 Å². The first-order valence-corrected chi connectivity index (χ1v) is 10.4. The summed E-state index contributed by atoms with van der Waals surface area (Å²) in [4.78, 5) is 16.8. The second-order valence-corrected chi connectivity index (χ2v) is 7.58. The van der Waals surface area contributed by atoms with Crippen LogP contribution in [-0.2, 0) is 19.8 Å².